The fourth-order valence-corrected chi connectivity index (χ4v) is 1.12. The van der Waals surface area contributed by atoms with Crippen LogP contribution in [0.4, 0.5) is 0 Å². The Balaban J connectivity index is 2.69. The lowest BCUT2D eigenvalue weighted by atomic mass is 10.2. The molecule has 0 spiro atoms. The van der Waals surface area contributed by atoms with Crippen molar-refractivity contribution >= 4 is 12.6 Å². The molecule has 2 heteroatoms. The summed E-state index contributed by atoms with van der Waals surface area (Å²) in [5.74, 6) is 0.929. The number of rotatable bonds is 2. The molecular formula is C7H11NS. The summed E-state index contributed by atoms with van der Waals surface area (Å²) in [5, 5.41) is 0. The highest BCUT2D eigenvalue weighted by molar-refractivity contribution is 7.80. The maximum atomic E-state index is 4.14. The number of hydrogen-bond donors (Lipinski definition) is 2. The van der Waals surface area contributed by atoms with Gasteiger partial charge in [-0.05, 0) is 30.7 Å². The monoisotopic (exact) mass is 141 g/mol. The first-order chi connectivity index (χ1) is 4.34. The minimum Gasteiger partial charge on any atom is -0.365 e. The Morgan fingerprint density at radius 1 is 1.67 bits per heavy atom. The predicted molar refractivity (Wildman–Crippen MR) is 43.1 cm³/mol. The van der Waals surface area contributed by atoms with Crippen LogP contribution < -0.4 is 0 Å². The lowest BCUT2D eigenvalue weighted by molar-refractivity contribution is 1.11. The van der Waals surface area contributed by atoms with Gasteiger partial charge in [0.15, 0.2) is 0 Å². The van der Waals surface area contributed by atoms with Crippen molar-refractivity contribution in [2.45, 2.75) is 13.3 Å². The Hall–Kier alpha value is -0.370. The number of nitrogens with one attached hydrogen (secondary N) is 1. The summed E-state index contributed by atoms with van der Waals surface area (Å²) in [6, 6.07) is 2.10. The Bertz CT molecular complexity index is 181. The van der Waals surface area contributed by atoms with Gasteiger partial charge in [0.05, 0.1) is 0 Å². The van der Waals surface area contributed by atoms with E-state index in [9.17, 15) is 0 Å². The second kappa shape index (κ2) is 2.97. The minimum atomic E-state index is 0.929. The van der Waals surface area contributed by atoms with Crippen LogP contribution in [0.1, 0.15) is 11.3 Å². The number of aromatic nitrogens is 1. The molecule has 0 saturated carbocycles. The van der Waals surface area contributed by atoms with E-state index in [1.54, 1.807) is 0 Å². The van der Waals surface area contributed by atoms with E-state index in [0.717, 1.165) is 12.2 Å². The van der Waals surface area contributed by atoms with E-state index in [1.165, 1.54) is 11.3 Å². The summed E-state index contributed by atoms with van der Waals surface area (Å²) in [4.78, 5) is 3.12. The molecule has 1 N–H and O–H groups in total. The van der Waals surface area contributed by atoms with Crippen molar-refractivity contribution in [2.24, 2.45) is 0 Å². The maximum absolute atomic E-state index is 4.14. The van der Waals surface area contributed by atoms with Crippen LogP contribution in [0.5, 0.6) is 0 Å². The third-order valence-electron chi connectivity index (χ3n) is 1.45. The molecule has 0 bridgehead atoms. The van der Waals surface area contributed by atoms with E-state index in [2.05, 4.69) is 30.6 Å². The summed E-state index contributed by atoms with van der Waals surface area (Å²) in [6.07, 6.45) is 3.03. The van der Waals surface area contributed by atoms with Gasteiger partial charge in [-0.25, -0.2) is 0 Å². The zero-order valence-electron chi connectivity index (χ0n) is 5.52. The first kappa shape index (κ1) is 6.75. The van der Waals surface area contributed by atoms with Crippen LogP contribution in [-0.4, -0.2) is 10.7 Å². The van der Waals surface area contributed by atoms with E-state index < -0.39 is 0 Å². The van der Waals surface area contributed by atoms with E-state index in [1.807, 2.05) is 6.20 Å². The van der Waals surface area contributed by atoms with Gasteiger partial charge in [0, 0.05) is 11.9 Å². The molecule has 1 nitrogen and oxygen atoms in total. The van der Waals surface area contributed by atoms with Gasteiger partial charge in [-0.3, -0.25) is 0 Å². The van der Waals surface area contributed by atoms with Crippen LogP contribution >= 0.6 is 12.6 Å². The molecule has 1 heterocycles. The molecular weight excluding hydrogens is 130 g/mol. The molecule has 1 rings (SSSR count). The number of aryl methyl sites for hydroxylation is 2. The van der Waals surface area contributed by atoms with E-state index >= 15 is 0 Å². The second-order valence-corrected chi connectivity index (χ2v) is 2.55. The van der Waals surface area contributed by atoms with Crippen LogP contribution in [0.3, 0.4) is 0 Å². The first-order valence-electron chi connectivity index (χ1n) is 3.08. The van der Waals surface area contributed by atoms with Crippen molar-refractivity contribution in [1.29, 1.82) is 0 Å². The third-order valence-corrected chi connectivity index (χ3v) is 1.67. The van der Waals surface area contributed by atoms with Crippen LogP contribution in [0.15, 0.2) is 12.3 Å². The normalized spacial score (nSPS) is 10.0. The van der Waals surface area contributed by atoms with Crippen molar-refractivity contribution in [1.82, 2.24) is 4.98 Å². The highest BCUT2D eigenvalue weighted by atomic mass is 32.1. The number of hydrogen-bond acceptors (Lipinski definition) is 1. The number of thiol groups is 1. The molecule has 0 atom stereocenters. The van der Waals surface area contributed by atoms with E-state index in [0.29, 0.717) is 0 Å². The van der Waals surface area contributed by atoms with Gasteiger partial charge in [-0.2, -0.15) is 12.6 Å². The lowest BCUT2D eigenvalue weighted by Crippen LogP contribution is -1.85. The Morgan fingerprint density at radius 2 is 2.44 bits per heavy atom. The van der Waals surface area contributed by atoms with Crippen LogP contribution in [0, 0.1) is 6.92 Å². The minimum absolute atomic E-state index is 0.929. The standard InChI is InChI=1S/C7H11NS/c1-6-7(3-5-9)2-4-8-6/h2,4,8-9H,3,5H2,1H3. The fourth-order valence-electron chi connectivity index (χ4n) is 0.876. The molecule has 0 amide bonds. The van der Waals surface area contributed by atoms with E-state index in [-0.39, 0.29) is 0 Å². The summed E-state index contributed by atoms with van der Waals surface area (Å²) in [5.41, 5.74) is 2.65. The van der Waals surface area contributed by atoms with Gasteiger partial charge in [0.1, 0.15) is 0 Å². The SMILES string of the molecule is Cc1[nH]ccc1CCS. The van der Waals surface area contributed by atoms with Crippen molar-refractivity contribution in [3.63, 3.8) is 0 Å². The topological polar surface area (TPSA) is 15.8 Å². The summed E-state index contributed by atoms with van der Waals surface area (Å²) < 4.78 is 0. The lowest BCUT2D eigenvalue weighted by Gasteiger charge is -1.92. The molecule has 1 aromatic rings. The molecule has 0 saturated heterocycles. The highest BCUT2D eigenvalue weighted by Crippen LogP contribution is 2.05. The molecule has 0 aliphatic heterocycles. The summed E-state index contributed by atoms with van der Waals surface area (Å²) in [6.45, 7) is 2.08. The summed E-state index contributed by atoms with van der Waals surface area (Å²) in [7, 11) is 0. The first-order valence-corrected chi connectivity index (χ1v) is 3.71. The number of H-pyrrole nitrogens is 1. The van der Waals surface area contributed by atoms with Crippen LogP contribution in [0.2, 0.25) is 0 Å². The second-order valence-electron chi connectivity index (χ2n) is 2.10. The van der Waals surface area contributed by atoms with Gasteiger partial charge < -0.3 is 4.98 Å². The Labute approximate surface area is 60.9 Å². The van der Waals surface area contributed by atoms with Gasteiger partial charge in [-0.15, -0.1) is 0 Å². The molecule has 0 aliphatic rings. The van der Waals surface area contributed by atoms with Crippen molar-refractivity contribution in [3.05, 3.63) is 23.5 Å². The molecule has 0 fully saturated rings. The van der Waals surface area contributed by atoms with Crippen molar-refractivity contribution in [2.75, 3.05) is 5.75 Å². The van der Waals surface area contributed by atoms with E-state index in [4.69, 9.17) is 0 Å². The largest absolute Gasteiger partial charge is 0.365 e. The molecule has 0 unspecified atom stereocenters. The maximum Gasteiger partial charge on any atom is 0.0148 e. The Morgan fingerprint density at radius 3 is 2.89 bits per heavy atom. The highest BCUT2D eigenvalue weighted by Gasteiger charge is 1.94. The molecule has 0 aromatic carbocycles. The zero-order chi connectivity index (χ0) is 6.69. The zero-order valence-corrected chi connectivity index (χ0v) is 6.41. The fraction of sp³-hybridized carbons (Fsp3) is 0.429. The average molecular weight is 141 g/mol. The molecule has 0 aliphatic carbocycles. The van der Waals surface area contributed by atoms with Gasteiger partial charge in [0.2, 0.25) is 0 Å². The van der Waals surface area contributed by atoms with Crippen LogP contribution in [-0.2, 0) is 6.42 Å². The van der Waals surface area contributed by atoms with Gasteiger partial charge in [-0.1, -0.05) is 0 Å². The number of aromatic amines is 1. The summed E-state index contributed by atoms with van der Waals surface area (Å²) >= 11 is 4.14. The average Bonchev–Trinajstić information content (AvgIpc) is 2.18. The van der Waals surface area contributed by atoms with Crippen molar-refractivity contribution < 1.29 is 0 Å². The van der Waals surface area contributed by atoms with Gasteiger partial charge >= 0.3 is 0 Å². The van der Waals surface area contributed by atoms with Gasteiger partial charge in [0.25, 0.3) is 0 Å². The van der Waals surface area contributed by atoms with Crippen LogP contribution in [0.25, 0.3) is 0 Å². The Kier molecular flexibility index (Phi) is 2.22. The molecule has 0 radical (unpaired) electrons. The molecule has 1 aromatic heterocycles. The molecule has 9 heavy (non-hydrogen) atoms. The quantitative estimate of drug-likeness (QED) is 0.584. The third kappa shape index (κ3) is 1.52. The predicted octanol–water partition coefficient (Wildman–Crippen LogP) is 1.80. The molecule has 50 valence electrons. The smallest absolute Gasteiger partial charge is 0.0148 e. The van der Waals surface area contributed by atoms with Crippen molar-refractivity contribution in [3.8, 4) is 0 Å².